The molecule has 1 aliphatic rings. The Bertz CT molecular complexity index is 1380. The Hall–Kier alpha value is -3.01. The first-order chi connectivity index (χ1) is 16.5. The zero-order valence-electron chi connectivity index (χ0n) is 18.3. The standard InChI is InChI=1S/C25H23FN4O2S2/c26-21-13-11-19(12-14-21)18-33-25-28-27-24(30(25)22-8-2-1-3-9-22)20-7-6-10-23(17-20)34(31,32)29-15-4-5-16-29/h1-3,6-14,17H,4-5,15-16,18H2. The molecule has 1 aliphatic heterocycles. The van der Waals surface area contributed by atoms with E-state index in [1.807, 2.05) is 41.0 Å². The van der Waals surface area contributed by atoms with E-state index in [1.165, 1.54) is 28.2 Å². The quantitative estimate of drug-likeness (QED) is 0.333. The van der Waals surface area contributed by atoms with E-state index in [0.717, 1.165) is 24.1 Å². The maximum atomic E-state index is 13.3. The lowest BCUT2D eigenvalue weighted by molar-refractivity contribution is 0.477. The van der Waals surface area contributed by atoms with E-state index in [9.17, 15) is 12.8 Å². The molecule has 1 aromatic heterocycles. The zero-order valence-corrected chi connectivity index (χ0v) is 20.0. The van der Waals surface area contributed by atoms with Crippen molar-refractivity contribution in [2.75, 3.05) is 13.1 Å². The predicted octanol–water partition coefficient (Wildman–Crippen LogP) is 5.15. The van der Waals surface area contributed by atoms with Gasteiger partial charge in [0.25, 0.3) is 0 Å². The molecule has 0 radical (unpaired) electrons. The minimum Gasteiger partial charge on any atom is -0.270 e. The Labute approximate surface area is 202 Å². The van der Waals surface area contributed by atoms with Crippen LogP contribution in [0.2, 0.25) is 0 Å². The first kappa shape index (κ1) is 22.8. The molecule has 174 valence electrons. The number of benzene rings is 3. The summed E-state index contributed by atoms with van der Waals surface area (Å²) >= 11 is 1.49. The highest BCUT2D eigenvalue weighted by Crippen LogP contribution is 2.31. The Morgan fingerprint density at radius 1 is 0.882 bits per heavy atom. The first-order valence-electron chi connectivity index (χ1n) is 11.0. The van der Waals surface area contributed by atoms with Crippen LogP contribution in [-0.2, 0) is 15.8 Å². The molecule has 4 aromatic rings. The molecular formula is C25H23FN4O2S2. The number of thioether (sulfide) groups is 1. The van der Waals surface area contributed by atoms with Crippen molar-refractivity contribution in [2.24, 2.45) is 0 Å². The van der Waals surface area contributed by atoms with E-state index in [1.54, 1.807) is 30.3 Å². The number of sulfonamides is 1. The highest BCUT2D eigenvalue weighted by molar-refractivity contribution is 7.98. The molecule has 34 heavy (non-hydrogen) atoms. The van der Waals surface area contributed by atoms with Gasteiger partial charge in [-0.1, -0.05) is 54.2 Å². The van der Waals surface area contributed by atoms with Crippen molar-refractivity contribution in [3.8, 4) is 17.1 Å². The average molecular weight is 495 g/mol. The van der Waals surface area contributed by atoms with Gasteiger partial charge in [-0.15, -0.1) is 10.2 Å². The predicted molar refractivity (Wildman–Crippen MR) is 131 cm³/mol. The van der Waals surface area contributed by atoms with Crippen LogP contribution in [0.1, 0.15) is 18.4 Å². The second-order valence-corrected chi connectivity index (χ2v) is 10.9. The fourth-order valence-corrected chi connectivity index (χ4v) is 6.43. The summed E-state index contributed by atoms with van der Waals surface area (Å²) in [6.45, 7) is 1.11. The fraction of sp³-hybridized carbons (Fsp3) is 0.200. The van der Waals surface area contributed by atoms with Gasteiger partial charge in [0.15, 0.2) is 11.0 Å². The summed E-state index contributed by atoms with van der Waals surface area (Å²) in [6, 6.07) is 23.0. The lowest BCUT2D eigenvalue weighted by atomic mass is 10.2. The van der Waals surface area contributed by atoms with Crippen LogP contribution in [0.15, 0.2) is 88.9 Å². The van der Waals surface area contributed by atoms with Crippen molar-refractivity contribution in [3.63, 3.8) is 0 Å². The maximum absolute atomic E-state index is 13.3. The average Bonchev–Trinajstić information content (AvgIpc) is 3.55. The van der Waals surface area contributed by atoms with Crippen molar-refractivity contribution in [1.82, 2.24) is 19.1 Å². The maximum Gasteiger partial charge on any atom is 0.243 e. The Morgan fingerprint density at radius 3 is 2.35 bits per heavy atom. The van der Waals surface area contributed by atoms with Crippen LogP contribution < -0.4 is 0 Å². The van der Waals surface area contributed by atoms with Gasteiger partial charge in [-0.05, 0) is 54.8 Å². The molecule has 9 heteroatoms. The number of hydrogen-bond donors (Lipinski definition) is 0. The molecule has 3 aromatic carbocycles. The molecule has 0 amide bonds. The largest absolute Gasteiger partial charge is 0.270 e. The molecule has 0 aliphatic carbocycles. The minimum atomic E-state index is -3.55. The van der Waals surface area contributed by atoms with E-state index in [4.69, 9.17) is 0 Å². The third kappa shape index (κ3) is 4.64. The normalized spacial score (nSPS) is 14.5. The third-order valence-electron chi connectivity index (χ3n) is 5.72. The number of aromatic nitrogens is 3. The molecule has 5 rings (SSSR count). The monoisotopic (exact) mass is 494 g/mol. The molecule has 6 nitrogen and oxygen atoms in total. The SMILES string of the molecule is O=S(=O)(c1cccc(-c2nnc(SCc3ccc(F)cc3)n2-c2ccccc2)c1)N1CCCC1. The molecule has 0 atom stereocenters. The molecule has 2 heterocycles. The molecule has 0 N–H and O–H groups in total. The topological polar surface area (TPSA) is 68.1 Å². The Balaban J connectivity index is 1.52. The van der Waals surface area contributed by atoms with Gasteiger partial charge in [0.2, 0.25) is 10.0 Å². The second-order valence-electron chi connectivity index (χ2n) is 8.03. The summed E-state index contributed by atoms with van der Waals surface area (Å²) in [6.07, 6.45) is 1.77. The smallest absolute Gasteiger partial charge is 0.243 e. The summed E-state index contributed by atoms with van der Waals surface area (Å²) in [4.78, 5) is 0.259. The second kappa shape index (κ2) is 9.69. The number of para-hydroxylation sites is 1. The summed E-state index contributed by atoms with van der Waals surface area (Å²) in [5.41, 5.74) is 2.51. The van der Waals surface area contributed by atoms with E-state index in [-0.39, 0.29) is 10.7 Å². The Kier molecular flexibility index (Phi) is 6.49. The van der Waals surface area contributed by atoms with Crippen LogP contribution in [0.3, 0.4) is 0 Å². The van der Waals surface area contributed by atoms with Gasteiger partial charge in [0.1, 0.15) is 5.82 Å². The van der Waals surface area contributed by atoms with Crippen LogP contribution in [0.4, 0.5) is 4.39 Å². The summed E-state index contributed by atoms with van der Waals surface area (Å²) in [5.74, 6) is 0.882. The lowest BCUT2D eigenvalue weighted by Crippen LogP contribution is -2.27. The van der Waals surface area contributed by atoms with Gasteiger partial charge >= 0.3 is 0 Å². The van der Waals surface area contributed by atoms with Crippen LogP contribution in [0.25, 0.3) is 17.1 Å². The van der Waals surface area contributed by atoms with Crippen molar-refractivity contribution in [3.05, 3.63) is 90.2 Å². The first-order valence-corrected chi connectivity index (χ1v) is 13.4. The van der Waals surface area contributed by atoms with Gasteiger partial charge in [-0.2, -0.15) is 4.31 Å². The number of hydrogen-bond acceptors (Lipinski definition) is 5. The molecule has 1 saturated heterocycles. The zero-order chi connectivity index (χ0) is 23.5. The van der Waals surface area contributed by atoms with Gasteiger partial charge in [-0.25, -0.2) is 12.8 Å². The van der Waals surface area contributed by atoms with E-state index in [2.05, 4.69) is 10.2 Å². The summed E-state index contributed by atoms with van der Waals surface area (Å²) in [7, 11) is -3.55. The molecule has 0 unspecified atom stereocenters. The van der Waals surface area contributed by atoms with Gasteiger partial charge in [0, 0.05) is 30.1 Å². The Morgan fingerprint density at radius 2 is 1.62 bits per heavy atom. The van der Waals surface area contributed by atoms with Crippen molar-refractivity contribution < 1.29 is 12.8 Å². The molecule has 1 fully saturated rings. The molecule has 0 spiro atoms. The summed E-state index contributed by atoms with van der Waals surface area (Å²) < 4.78 is 43.0. The molecular weight excluding hydrogens is 471 g/mol. The van der Waals surface area contributed by atoms with E-state index < -0.39 is 10.0 Å². The van der Waals surface area contributed by atoms with Crippen molar-refractivity contribution in [1.29, 1.82) is 0 Å². The minimum absolute atomic E-state index is 0.259. The van der Waals surface area contributed by atoms with Gasteiger partial charge < -0.3 is 0 Å². The van der Waals surface area contributed by atoms with E-state index >= 15 is 0 Å². The van der Waals surface area contributed by atoms with Crippen LogP contribution in [0.5, 0.6) is 0 Å². The van der Waals surface area contributed by atoms with Crippen LogP contribution >= 0.6 is 11.8 Å². The van der Waals surface area contributed by atoms with Gasteiger partial charge in [0.05, 0.1) is 4.90 Å². The number of nitrogens with zero attached hydrogens (tertiary/aromatic N) is 4. The third-order valence-corrected chi connectivity index (χ3v) is 8.62. The van der Waals surface area contributed by atoms with Crippen LogP contribution in [0, 0.1) is 5.82 Å². The summed E-state index contributed by atoms with van der Waals surface area (Å²) in [5, 5.41) is 9.51. The molecule has 0 bridgehead atoms. The highest BCUT2D eigenvalue weighted by atomic mass is 32.2. The van der Waals surface area contributed by atoms with Crippen molar-refractivity contribution in [2.45, 2.75) is 28.6 Å². The molecule has 0 saturated carbocycles. The van der Waals surface area contributed by atoms with Gasteiger partial charge in [-0.3, -0.25) is 4.57 Å². The highest BCUT2D eigenvalue weighted by Gasteiger charge is 2.28. The number of halogens is 1. The van der Waals surface area contributed by atoms with Crippen molar-refractivity contribution >= 4 is 21.8 Å². The lowest BCUT2D eigenvalue weighted by Gasteiger charge is -2.16. The van der Waals surface area contributed by atoms with E-state index in [0.29, 0.717) is 35.4 Å². The van der Waals surface area contributed by atoms with Crippen LogP contribution in [-0.4, -0.2) is 40.6 Å². The fourth-order valence-electron chi connectivity index (χ4n) is 3.96. The number of rotatable bonds is 7.